The van der Waals surface area contributed by atoms with Crippen LogP contribution < -0.4 is 0 Å². The van der Waals surface area contributed by atoms with Crippen molar-refractivity contribution in [2.75, 3.05) is 6.61 Å². The van der Waals surface area contributed by atoms with Crippen molar-refractivity contribution in [2.45, 2.75) is 24.0 Å². The third kappa shape index (κ3) is 2.61. The van der Waals surface area contributed by atoms with Crippen LogP contribution in [0.2, 0.25) is 0 Å². The Hall–Kier alpha value is -1.36. The molecule has 5 heteroatoms. The van der Waals surface area contributed by atoms with E-state index in [1.54, 1.807) is 25.1 Å². The first-order valence-corrected chi connectivity index (χ1v) is 6.50. The van der Waals surface area contributed by atoms with Crippen LogP contribution in [0.25, 0.3) is 0 Å². The fraction of sp³-hybridized carbons (Fsp3) is 0.364. The summed E-state index contributed by atoms with van der Waals surface area (Å²) in [5.41, 5.74) is 0. The summed E-state index contributed by atoms with van der Waals surface area (Å²) in [5.74, 6) is -0.716. The molecule has 16 heavy (non-hydrogen) atoms. The van der Waals surface area contributed by atoms with Gasteiger partial charge in [0.15, 0.2) is 15.1 Å². The average molecular weight is 243 g/mol. The number of rotatable bonds is 4. The number of benzene rings is 1. The first-order chi connectivity index (χ1) is 7.50. The maximum Gasteiger partial charge on any atom is 0.324 e. The molecule has 0 bridgehead atoms. The number of carbonyl (C=O) groups is 1. The topological polar surface area (TPSA) is 60.4 Å². The molecule has 88 valence electrons. The van der Waals surface area contributed by atoms with Gasteiger partial charge in [-0.1, -0.05) is 18.2 Å². The first-order valence-electron chi connectivity index (χ1n) is 4.95. The predicted molar refractivity (Wildman–Crippen MR) is 59.7 cm³/mol. The molecular weight excluding hydrogens is 229 g/mol. The van der Waals surface area contributed by atoms with Crippen LogP contribution in [0.15, 0.2) is 35.2 Å². The number of hydrogen-bond acceptors (Lipinski definition) is 4. The monoisotopic (exact) mass is 243 g/mol. The summed E-state index contributed by atoms with van der Waals surface area (Å²) in [5, 5.41) is -1.17. The van der Waals surface area contributed by atoms with Crippen molar-refractivity contribution < 1.29 is 17.9 Å². The maximum absolute atomic E-state index is 11.9. The van der Waals surface area contributed by atoms with E-state index in [1.165, 1.54) is 19.1 Å². The molecular formula is C11H14O4S. The Morgan fingerprint density at radius 3 is 2.38 bits per heavy atom. The summed E-state index contributed by atoms with van der Waals surface area (Å²) >= 11 is 0. The van der Waals surface area contributed by atoms with Gasteiger partial charge in [-0.2, -0.15) is 0 Å². The SMILES string of the molecule is CCOC(=O)[13CH](C)S(=O)(=O)c1ccccc1. The second-order valence-electron chi connectivity index (χ2n) is 3.25. The fourth-order valence-corrected chi connectivity index (χ4v) is 2.47. The smallest absolute Gasteiger partial charge is 0.324 e. The summed E-state index contributed by atoms with van der Waals surface area (Å²) in [7, 11) is -3.63. The highest BCUT2D eigenvalue weighted by Crippen LogP contribution is 2.16. The van der Waals surface area contributed by atoms with Crippen LogP contribution in [0, 0.1) is 0 Å². The van der Waals surface area contributed by atoms with Gasteiger partial charge in [0.25, 0.3) is 0 Å². The van der Waals surface area contributed by atoms with Gasteiger partial charge in [0.2, 0.25) is 0 Å². The number of ether oxygens (including phenoxy) is 1. The Morgan fingerprint density at radius 1 is 1.31 bits per heavy atom. The normalized spacial score (nSPS) is 13.1. The van der Waals surface area contributed by atoms with E-state index >= 15 is 0 Å². The maximum atomic E-state index is 11.9. The van der Waals surface area contributed by atoms with E-state index in [9.17, 15) is 13.2 Å². The average Bonchev–Trinajstić information content (AvgIpc) is 2.29. The Balaban J connectivity index is 2.99. The lowest BCUT2D eigenvalue weighted by Gasteiger charge is -2.11. The molecule has 0 aliphatic heterocycles. The Kier molecular flexibility index (Phi) is 4.06. The number of carbonyl (C=O) groups excluding carboxylic acids is 1. The molecule has 1 aromatic carbocycles. The molecule has 0 aliphatic rings. The van der Waals surface area contributed by atoms with Crippen molar-refractivity contribution in [1.82, 2.24) is 0 Å². The molecule has 0 radical (unpaired) electrons. The molecule has 1 aromatic rings. The van der Waals surface area contributed by atoms with Gasteiger partial charge in [-0.25, -0.2) is 8.42 Å². The Labute approximate surface area is 95.2 Å². The standard InChI is InChI=1S/C11H14O4S/c1-3-15-11(12)9(2)16(13,14)10-7-5-4-6-8-10/h4-9H,3H2,1-2H3/i9+1. The van der Waals surface area contributed by atoms with Crippen LogP contribution in [-0.2, 0) is 19.4 Å². The van der Waals surface area contributed by atoms with Crippen LogP contribution in [0.3, 0.4) is 0 Å². The van der Waals surface area contributed by atoms with Crippen molar-refractivity contribution in [3.8, 4) is 0 Å². The van der Waals surface area contributed by atoms with E-state index < -0.39 is 21.1 Å². The van der Waals surface area contributed by atoms with Crippen LogP contribution in [0.1, 0.15) is 13.8 Å². The molecule has 1 rings (SSSR count). The fourth-order valence-electron chi connectivity index (χ4n) is 1.20. The zero-order valence-corrected chi connectivity index (χ0v) is 10.0. The van der Waals surface area contributed by atoms with Gasteiger partial charge in [-0.15, -0.1) is 0 Å². The lowest BCUT2D eigenvalue weighted by Crippen LogP contribution is -2.29. The highest BCUT2D eigenvalue weighted by Gasteiger charge is 2.30. The van der Waals surface area contributed by atoms with Crippen molar-refractivity contribution in [2.24, 2.45) is 0 Å². The highest BCUT2D eigenvalue weighted by molar-refractivity contribution is 7.92. The third-order valence-corrected chi connectivity index (χ3v) is 4.21. The van der Waals surface area contributed by atoms with E-state index in [4.69, 9.17) is 4.74 Å². The quantitative estimate of drug-likeness (QED) is 0.592. The van der Waals surface area contributed by atoms with Crippen molar-refractivity contribution in [3.05, 3.63) is 30.3 Å². The molecule has 0 N–H and O–H groups in total. The van der Waals surface area contributed by atoms with Gasteiger partial charge in [0.05, 0.1) is 11.5 Å². The van der Waals surface area contributed by atoms with Crippen molar-refractivity contribution in [3.63, 3.8) is 0 Å². The van der Waals surface area contributed by atoms with E-state index in [-0.39, 0.29) is 11.5 Å². The lowest BCUT2D eigenvalue weighted by molar-refractivity contribution is -0.142. The lowest BCUT2D eigenvalue weighted by atomic mass is 10.4. The minimum absolute atomic E-state index is 0.135. The molecule has 0 aromatic heterocycles. The van der Waals surface area contributed by atoms with Crippen LogP contribution >= 0.6 is 0 Å². The van der Waals surface area contributed by atoms with Crippen molar-refractivity contribution in [1.29, 1.82) is 0 Å². The van der Waals surface area contributed by atoms with Gasteiger partial charge >= 0.3 is 5.97 Å². The van der Waals surface area contributed by atoms with E-state index in [2.05, 4.69) is 0 Å². The molecule has 1 unspecified atom stereocenters. The molecule has 4 nitrogen and oxygen atoms in total. The molecule has 0 aliphatic carbocycles. The van der Waals surface area contributed by atoms with Gasteiger partial charge in [0.1, 0.15) is 0 Å². The molecule has 1 atom stereocenters. The molecule has 0 amide bonds. The summed E-state index contributed by atoms with van der Waals surface area (Å²) in [6, 6.07) is 7.87. The van der Waals surface area contributed by atoms with Gasteiger partial charge < -0.3 is 4.74 Å². The first kappa shape index (κ1) is 12.7. The summed E-state index contributed by atoms with van der Waals surface area (Å²) in [6.45, 7) is 3.15. The number of hydrogen-bond donors (Lipinski definition) is 0. The Bertz CT molecular complexity index is 450. The van der Waals surface area contributed by atoms with Gasteiger partial charge in [-0.05, 0) is 26.0 Å². The molecule has 0 fully saturated rings. The van der Waals surface area contributed by atoms with Crippen LogP contribution in [0.4, 0.5) is 0 Å². The number of sulfone groups is 1. The summed E-state index contributed by atoms with van der Waals surface area (Å²) in [6.07, 6.45) is 0. The second kappa shape index (κ2) is 5.12. The minimum Gasteiger partial charge on any atom is -0.465 e. The van der Waals surface area contributed by atoms with E-state index in [0.29, 0.717) is 0 Å². The summed E-state index contributed by atoms with van der Waals surface area (Å²) in [4.78, 5) is 11.5. The molecule has 0 heterocycles. The Morgan fingerprint density at radius 2 is 1.88 bits per heavy atom. The summed E-state index contributed by atoms with van der Waals surface area (Å²) < 4.78 is 28.6. The van der Waals surface area contributed by atoms with E-state index in [1.807, 2.05) is 0 Å². The highest BCUT2D eigenvalue weighted by atomic mass is 32.2. The molecule has 0 saturated heterocycles. The molecule has 0 spiro atoms. The van der Waals surface area contributed by atoms with Gasteiger partial charge in [0, 0.05) is 0 Å². The minimum atomic E-state index is -3.63. The van der Waals surface area contributed by atoms with Crippen molar-refractivity contribution >= 4 is 15.8 Å². The van der Waals surface area contributed by atoms with Crippen LogP contribution in [0.5, 0.6) is 0 Å². The number of esters is 1. The molecule has 0 saturated carbocycles. The predicted octanol–water partition coefficient (Wildman–Crippen LogP) is 1.41. The van der Waals surface area contributed by atoms with E-state index in [0.717, 1.165) is 0 Å². The van der Waals surface area contributed by atoms with Crippen LogP contribution in [-0.4, -0.2) is 26.2 Å². The largest absolute Gasteiger partial charge is 0.465 e. The zero-order valence-electron chi connectivity index (χ0n) is 9.21. The third-order valence-electron chi connectivity index (χ3n) is 2.16. The second-order valence-corrected chi connectivity index (χ2v) is 5.52. The van der Waals surface area contributed by atoms with Gasteiger partial charge in [-0.3, -0.25) is 4.79 Å². The zero-order chi connectivity index (χ0) is 12.2.